The van der Waals surface area contributed by atoms with Gasteiger partial charge >= 0.3 is 0 Å². The summed E-state index contributed by atoms with van der Waals surface area (Å²) in [5.74, 6) is 1.11. The highest BCUT2D eigenvalue weighted by Gasteiger charge is 2.14. The lowest BCUT2D eigenvalue weighted by Crippen LogP contribution is -2.35. The maximum atomic E-state index is 12.4. The van der Waals surface area contributed by atoms with Gasteiger partial charge in [-0.25, -0.2) is 10.4 Å². The normalized spacial score (nSPS) is 12.5. The predicted octanol–water partition coefficient (Wildman–Crippen LogP) is 3.85. The molecule has 0 saturated carbocycles. The second-order valence-electron chi connectivity index (χ2n) is 6.54. The maximum absolute atomic E-state index is 12.4. The molecular formula is C21H24N4O3S. The number of thiazole rings is 1. The van der Waals surface area contributed by atoms with E-state index in [4.69, 9.17) is 9.47 Å². The summed E-state index contributed by atoms with van der Waals surface area (Å²) in [5.41, 5.74) is 5.32. The molecule has 0 aliphatic rings. The van der Waals surface area contributed by atoms with Gasteiger partial charge in [-0.1, -0.05) is 29.5 Å². The lowest BCUT2D eigenvalue weighted by Gasteiger charge is -2.12. The number of hydrogen-bond donors (Lipinski definition) is 2. The monoisotopic (exact) mass is 412 g/mol. The first-order valence-electron chi connectivity index (χ1n) is 9.16. The van der Waals surface area contributed by atoms with Crippen LogP contribution in [0.5, 0.6) is 11.5 Å². The van der Waals surface area contributed by atoms with E-state index in [1.54, 1.807) is 21.1 Å². The summed E-state index contributed by atoms with van der Waals surface area (Å²) in [6, 6.07) is 13.1. The molecule has 152 valence electrons. The van der Waals surface area contributed by atoms with Crippen molar-refractivity contribution in [3.05, 3.63) is 48.0 Å². The van der Waals surface area contributed by atoms with Crippen molar-refractivity contribution >= 4 is 38.3 Å². The molecule has 1 heterocycles. The van der Waals surface area contributed by atoms with Crippen molar-refractivity contribution in [2.24, 2.45) is 5.10 Å². The third-order valence-corrected chi connectivity index (χ3v) is 5.26. The van der Waals surface area contributed by atoms with Crippen molar-refractivity contribution in [3.63, 3.8) is 0 Å². The number of amides is 1. The van der Waals surface area contributed by atoms with Crippen LogP contribution in [-0.2, 0) is 11.2 Å². The molecule has 0 bridgehead atoms. The number of methoxy groups -OCH3 is 2. The number of ether oxygens (including phenoxy) is 2. The Morgan fingerprint density at radius 2 is 1.93 bits per heavy atom. The number of anilines is 1. The van der Waals surface area contributed by atoms with E-state index in [1.807, 2.05) is 49.4 Å². The van der Waals surface area contributed by atoms with Crippen LogP contribution in [0.1, 0.15) is 19.4 Å². The average molecular weight is 413 g/mol. The lowest BCUT2D eigenvalue weighted by atomic mass is 10.1. The molecule has 3 rings (SSSR count). The minimum atomic E-state index is -0.465. The van der Waals surface area contributed by atoms with E-state index in [0.717, 1.165) is 21.5 Å². The zero-order chi connectivity index (χ0) is 20.8. The van der Waals surface area contributed by atoms with E-state index >= 15 is 0 Å². The van der Waals surface area contributed by atoms with Crippen LogP contribution in [-0.4, -0.2) is 36.9 Å². The van der Waals surface area contributed by atoms with Crippen molar-refractivity contribution in [3.8, 4) is 11.5 Å². The standard InChI is InChI=1S/C21H24N4O3S/c1-13(11-15-9-10-17(27-3)18(12-15)28-4)24-25-20(26)14(2)22-21-23-16-7-5-6-8-19(16)29-21/h5-10,12,14H,11H2,1-4H3,(H,22,23)(H,25,26)/b24-13-/t14-/m0/s1. The second-order valence-corrected chi connectivity index (χ2v) is 7.57. The van der Waals surface area contributed by atoms with Crippen LogP contribution >= 0.6 is 11.3 Å². The molecule has 2 aromatic carbocycles. The van der Waals surface area contributed by atoms with Crippen LogP contribution in [0, 0.1) is 0 Å². The van der Waals surface area contributed by atoms with Gasteiger partial charge in [-0.15, -0.1) is 0 Å². The van der Waals surface area contributed by atoms with Crippen LogP contribution in [0.15, 0.2) is 47.6 Å². The summed E-state index contributed by atoms with van der Waals surface area (Å²) in [5, 5.41) is 8.05. The van der Waals surface area contributed by atoms with Crippen LogP contribution in [0.25, 0.3) is 10.2 Å². The van der Waals surface area contributed by atoms with Crippen molar-refractivity contribution in [2.45, 2.75) is 26.3 Å². The number of fused-ring (bicyclic) bond motifs is 1. The van der Waals surface area contributed by atoms with Gasteiger partial charge in [0.15, 0.2) is 16.6 Å². The number of carbonyl (C=O) groups excluding carboxylic acids is 1. The molecule has 0 aliphatic heterocycles. The first kappa shape index (κ1) is 20.6. The fraction of sp³-hybridized carbons (Fsp3) is 0.286. The Labute approximate surface area is 173 Å². The topological polar surface area (TPSA) is 84.8 Å². The zero-order valence-electron chi connectivity index (χ0n) is 16.9. The van der Waals surface area contributed by atoms with Crippen LogP contribution in [0.3, 0.4) is 0 Å². The Morgan fingerprint density at radius 3 is 2.66 bits per heavy atom. The largest absolute Gasteiger partial charge is 0.493 e. The molecule has 29 heavy (non-hydrogen) atoms. The zero-order valence-corrected chi connectivity index (χ0v) is 17.7. The van der Waals surface area contributed by atoms with Crippen molar-refractivity contribution < 1.29 is 14.3 Å². The smallest absolute Gasteiger partial charge is 0.262 e. The highest BCUT2D eigenvalue weighted by atomic mass is 32.1. The molecular weight excluding hydrogens is 388 g/mol. The van der Waals surface area contributed by atoms with Gasteiger partial charge in [-0.05, 0) is 43.7 Å². The average Bonchev–Trinajstić information content (AvgIpc) is 3.14. The molecule has 1 aromatic heterocycles. The highest BCUT2D eigenvalue weighted by molar-refractivity contribution is 7.22. The number of benzene rings is 2. The SMILES string of the molecule is COc1ccc(C/C(C)=N\NC(=O)[C@H](C)Nc2nc3ccccc3s2)cc1OC. The molecule has 0 spiro atoms. The quantitative estimate of drug-likeness (QED) is 0.434. The third kappa shape index (κ3) is 5.23. The summed E-state index contributed by atoms with van der Waals surface area (Å²) in [6.07, 6.45) is 0.584. The number of rotatable bonds is 8. The molecule has 0 unspecified atom stereocenters. The number of hydrazone groups is 1. The number of nitrogens with zero attached hydrogens (tertiary/aromatic N) is 2. The van der Waals surface area contributed by atoms with E-state index in [0.29, 0.717) is 23.1 Å². The van der Waals surface area contributed by atoms with E-state index in [2.05, 4.69) is 20.8 Å². The molecule has 2 N–H and O–H groups in total. The molecule has 1 atom stereocenters. The number of hydrogen-bond acceptors (Lipinski definition) is 7. The molecule has 0 fully saturated rings. The first-order chi connectivity index (χ1) is 14.0. The van der Waals surface area contributed by atoms with Crippen LogP contribution in [0.4, 0.5) is 5.13 Å². The Kier molecular flexibility index (Phi) is 6.66. The van der Waals surface area contributed by atoms with Crippen molar-refractivity contribution in [2.75, 3.05) is 19.5 Å². The molecule has 3 aromatic rings. The Balaban J connectivity index is 1.57. The van der Waals surface area contributed by atoms with Gasteiger partial charge in [-0.3, -0.25) is 4.79 Å². The minimum Gasteiger partial charge on any atom is -0.493 e. The Bertz CT molecular complexity index is 999. The van der Waals surface area contributed by atoms with E-state index < -0.39 is 6.04 Å². The fourth-order valence-electron chi connectivity index (χ4n) is 2.76. The molecule has 0 aliphatic carbocycles. The number of aromatic nitrogens is 1. The number of carbonyl (C=O) groups is 1. The van der Waals surface area contributed by atoms with Crippen molar-refractivity contribution in [1.82, 2.24) is 10.4 Å². The minimum absolute atomic E-state index is 0.226. The molecule has 1 amide bonds. The lowest BCUT2D eigenvalue weighted by molar-refractivity contribution is -0.121. The van der Waals surface area contributed by atoms with Gasteiger partial charge in [0.2, 0.25) is 0 Å². The molecule has 8 heteroatoms. The molecule has 7 nitrogen and oxygen atoms in total. The predicted molar refractivity (Wildman–Crippen MR) is 117 cm³/mol. The van der Waals surface area contributed by atoms with E-state index in [1.165, 1.54) is 11.3 Å². The van der Waals surface area contributed by atoms with Gasteiger partial charge in [0, 0.05) is 12.1 Å². The summed E-state index contributed by atoms with van der Waals surface area (Å²) >= 11 is 1.52. The maximum Gasteiger partial charge on any atom is 0.262 e. The van der Waals surface area contributed by atoms with Gasteiger partial charge in [-0.2, -0.15) is 5.10 Å². The van der Waals surface area contributed by atoms with Gasteiger partial charge < -0.3 is 14.8 Å². The van der Waals surface area contributed by atoms with Crippen LogP contribution in [0.2, 0.25) is 0 Å². The fourth-order valence-corrected chi connectivity index (χ4v) is 3.71. The van der Waals surface area contributed by atoms with E-state index in [-0.39, 0.29) is 5.91 Å². The summed E-state index contributed by atoms with van der Waals surface area (Å²) < 4.78 is 11.6. The van der Waals surface area contributed by atoms with Gasteiger partial charge in [0.1, 0.15) is 6.04 Å². The molecule has 0 saturated heterocycles. The van der Waals surface area contributed by atoms with Crippen LogP contribution < -0.4 is 20.2 Å². The first-order valence-corrected chi connectivity index (χ1v) is 9.98. The number of para-hydroxylation sites is 1. The van der Waals surface area contributed by atoms with E-state index in [9.17, 15) is 4.79 Å². The van der Waals surface area contributed by atoms with Gasteiger partial charge in [0.25, 0.3) is 5.91 Å². The summed E-state index contributed by atoms with van der Waals surface area (Å²) in [4.78, 5) is 16.8. The Hall–Kier alpha value is -3.13. The third-order valence-electron chi connectivity index (χ3n) is 4.29. The highest BCUT2D eigenvalue weighted by Crippen LogP contribution is 2.28. The van der Waals surface area contributed by atoms with Gasteiger partial charge in [0.05, 0.1) is 24.4 Å². The second kappa shape index (κ2) is 9.38. The number of nitrogens with one attached hydrogen (secondary N) is 2. The molecule has 0 radical (unpaired) electrons. The van der Waals surface area contributed by atoms with Crippen molar-refractivity contribution in [1.29, 1.82) is 0 Å². The summed E-state index contributed by atoms with van der Waals surface area (Å²) in [7, 11) is 3.20. The summed E-state index contributed by atoms with van der Waals surface area (Å²) in [6.45, 7) is 3.64. The Morgan fingerprint density at radius 1 is 1.17 bits per heavy atom.